The maximum absolute atomic E-state index is 12.5. The zero-order chi connectivity index (χ0) is 21.4. The van der Waals surface area contributed by atoms with Crippen LogP contribution in [0.4, 0.5) is 5.69 Å². The molecule has 1 aromatic heterocycles. The SMILES string of the molecule is O=C(CNC(=O)c1cccc(S(=O)(=O)NCc2ccccc2)c1)Nc1cccnc1. The maximum atomic E-state index is 12.5. The zero-order valence-corrected chi connectivity index (χ0v) is 16.7. The Morgan fingerprint density at radius 3 is 2.47 bits per heavy atom. The first-order chi connectivity index (χ1) is 14.4. The molecule has 2 aromatic carbocycles. The van der Waals surface area contributed by atoms with Crippen molar-refractivity contribution in [3.63, 3.8) is 0 Å². The quantitative estimate of drug-likeness (QED) is 0.511. The van der Waals surface area contributed by atoms with Gasteiger partial charge in [0, 0.05) is 18.3 Å². The van der Waals surface area contributed by atoms with Gasteiger partial charge in [0.15, 0.2) is 0 Å². The van der Waals surface area contributed by atoms with Crippen molar-refractivity contribution in [2.24, 2.45) is 0 Å². The lowest BCUT2D eigenvalue weighted by molar-refractivity contribution is -0.115. The van der Waals surface area contributed by atoms with Crippen LogP contribution in [0.2, 0.25) is 0 Å². The molecule has 0 atom stereocenters. The Balaban J connectivity index is 1.59. The molecule has 0 aliphatic carbocycles. The fourth-order valence-electron chi connectivity index (χ4n) is 2.57. The molecule has 0 spiro atoms. The Morgan fingerprint density at radius 2 is 1.73 bits per heavy atom. The number of sulfonamides is 1. The Labute approximate surface area is 174 Å². The van der Waals surface area contributed by atoms with Crippen LogP contribution < -0.4 is 15.4 Å². The molecule has 3 N–H and O–H groups in total. The van der Waals surface area contributed by atoms with E-state index in [1.165, 1.54) is 30.5 Å². The summed E-state index contributed by atoms with van der Waals surface area (Å²) in [7, 11) is -3.80. The largest absolute Gasteiger partial charge is 0.343 e. The molecule has 2 amide bonds. The van der Waals surface area contributed by atoms with E-state index in [2.05, 4.69) is 20.3 Å². The minimum absolute atomic E-state index is 0.0362. The van der Waals surface area contributed by atoms with Crippen molar-refractivity contribution in [2.45, 2.75) is 11.4 Å². The van der Waals surface area contributed by atoms with E-state index >= 15 is 0 Å². The number of nitrogens with zero attached hydrogens (tertiary/aromatic N) is 1. The Morgan fingerprint density at radius 1 is 0.933 bits per heavy atom. The highest BCUT2D eigenvalue weighted by Gasteiger charge is 2.16. The van der Waals surface area contributed by atoms with Gasteiger partial charge in [0.1, 0.15) is 0 Å². The third-order valence-electron chi connectivity index (χ3n) is 4.07. The molecule has 3 rings (SSSR count). The van der Waals surface area contributed by atoms with Crippen LogP contribution in [-0.2, 0) is 21.4 Å². The molecule has 0 saturated heterocycles. The number of pyridine rings is 1. The number of nitrogens with one attached hydrogen (secondary N) is 3. The smallest absolute Gasteiger partial charge is 0.251 e. The summed E-state index contributed by atoms with van der Waals surface area (Å²) in [6.45, 7) is -0.134. The average molecular weight is 424 g/mol. The Hall–Kier alpha value is -3.56. The predicted molar refractivity (Wildman–Crippen MR) is 112 cm³/mol. The molecule has 0 saturated carbocycles. The van der Waals surface area contributed by atoms with Crippen molar-refractivity contribution in [2.75, 3.05) is 11.9 Å². The fourth-order valence-corrected chi connectivity index (χ4v) is 3.63. The lowest BCUT2D eigenvalue weighted by Crippen LogP contribution is -2.33. The lowest BCUT2D eigenvalue weighted by atomic mass is 10.2. The van der Waals surface area contributed by atoms with Crippen LogP contribution in [0.3, 0.4) is 0 Å². The van der Waals surface area contributed by atoms with Crippen LogP contribution in [0.5, 0.6) is 0 Å². The van der Waals surface area contributed by atoms with Gasteiger partial charge in [0.25, 0.3) is 5.91 Å². The van der Waals surface area contributed by atoms with E-state index in [0.29, 0.717) is 5.69 Å². The van der Waals surface area contributed by atoms with Crippen molar-refractivity contribution in [3.8, 4) is 0 Å². The van der Waals surface area contributed by atoms with Crippen LogP contribution in [0.1, 0.15) is 15.9 Å². The van der Waals surface area contributed by atoms with Crippen LogP contribution in [0.15, 0.2) is 84.0 Å². The van der Waals surface area contributed by atoms with Gasteiger partial charge >= 0.3 is 0 Å². The zero-order valence-electron chi connectivity index (χ0n) is 15.9. The summed E-state index contributed by atoms with van der Waals surface area (Å²) in [5.74, 6) is -0.985. The fraction of sp³-hybridized carbons (Fsp3) is 0.0952. The third-order valence-corrected chi connectivity index (χ3v) is 5.47. The molecule has 30 heavy (non-hydrogen) atoms. The first kappa shape index (κ1) is 21.2. The van der Waals surface area contributed by atoms with Crippen molar-refractivity contribution >= 4 is 27.5 Å². The van der Waals surface area contributed by atoms with Gasteiger partial charge in [-0.3, -0.25) is 14.6 Å². The number of rotatable bonds is 8. The van der Waals surface area contributed by atoms with E-state index in [1.54, 1.807) is 18.3 Å². The molecule has 8 nitrogen and oxygen atoms in total. The topological polar surface area (TPSA) is 117 Å². The second-order valence-corrected chi connectivity index (χ2v) is 8.08. The molecule has 0 aliphatic heterocycles. The molecule has 0 unspecified atom stereocenters. The highest BCUT2D eigenvalue weighted by molar-refractivity contribution is 7.89. The van der Waals surface area contributed by atoms with Crippen molar-refractivity contribution in [3.05, 3.63) is 90.3 Å². The number of hydrogen-bond acceptors (Lipinski definition) is 5. The van der Waals surface area contributed by atoms with E-state index in [1.807, 2.05) is 30.3 Å². The van der Waals surface area contributed by atoms with E-state index in [4.69, 9.17) is 0 Å². The summed E-state index contributed by atoms with van der Waals surface area (Å²) >= 11 is 0. The highest BCUT2D eigenvalue weighted by Crippen LogP contribution is 2.12. The van der Waals surface area contributed by atoms with E-state index < -0.39 is 21.8 Å². The van der Waals surface area contributed by atoms with Crippen LogP contribution in [0.25, 0.3) is 0 Å². The van der Waals surface area contributed by atoms with Crippen LogP contribution >= 0.6 is 0 Å². The van der Waals surface area contributed by atoms with Gasteiger partial charge in [-0.15, -0.1) is 0 Å². The van der Waals surface area contributed by atoms with E-state index in [-0.39, 0.29) is 23.5 Å². The Kier molecular flexibility index (Phi) is 6.89. The summed E-state index contributed by atoms with van der Waals surface area (Å²) in [6, 6.07) is 18.1. The van der Waals surface area contributed by atoms with Crippen molar-refractivity contribution in [1.82, 2.24) is 15.0 Å². The van der Waals surface area contributed by atoms with E-state index in [0.717, 1.165) is 5.56 Å². The number of hydrogen-bond donors (Lipinski definition) is 3. The summed E-state index contributed by atoms with van der Waals surface area (Å²) in [6.07, 6.45) is 3.06. The standard InChI is InChI=1S/C21H20N4O4S/c26-20(25-18-9-5-11-22-14-18)15-23-21(27)17-8-4-10-19(12-17)30(28,29)24-13-16-6-2-1-3-7-16/h1-12,14,24H,13,15H2,(H,23,27)(H,25,26). The first-order valence-corrected chi connectivity index (χ1v) is 10.5. The van der Waals surface area contributed by atoms with Crippen molar-refractivity contribution < 1.29 is 18.0 Å². The molecule has 0 bridgehead atoms. The summed E-state index contributed by atoms with van der Waals surface area (Å²) in [5.41, 5.74) is 1.45. The minimum atomic E-state index is -3.80. The van der Waals surface area contributed by atoms with Crippen molar-refractivity contribution in [1.29, 1.82) is 0 Å². The summed E-state index contributed by atoms with van der Waals surface area (Å²) < 4.78 is 27.6. The van der Waals surface area contributed by atoms with Gasteiger partial charge in [-0.25, -0.2) is 13.1 Å². The number of anilines is 1. The first-order valence-electron chi connectivity index (χ1n) is 9.06. The predicted octanol–water partition coefficient (Wildman–Crippen LogP) is 1.93. The number of amides is 2. The van der Waals surface area contributed by atoms with E-state index in [9.17, 15) is 18.0 Å². The minimum Gasteiger partial charge on any atom is -0.343 e. The number of benzene rings is 2. The average Bonchev–Trinajstić information content (AvgIpc) is 2.77. The second kappa shape index (κ2) is 9.77. The normalized spacial score (nSPS) is 10.9. The number of aromatic nitrogens is 1. The van der Waals surface area contributed by atoms with Gasteiger partial charge in [0.05, 0.1) is 23.3 Å². The molecule has 9 heteroatoms. The molecule has 154 valence electrons. The molecule has 0 radical (unpaired) electrons. The highest BCUT2D eigenvalue weighted by atomic mass is 32.2. The van der Waals surface area contributed by atoms with Gasteiger partial charge in [-0.1, -0.05) is 36.4 Å². The Bertz CT molecular complexity index is 1120. The number of carbonyl (C=O) groups is 2. The van der Waals surface area contributed by atoms with Gasteiger partial charge < -0.3 is 10.6 Å². The third kappa shape index (κ3) is 5.97. The van der Waals surface area contributed by atoms with Gasteiger partial charge in [-0.2, -0.15) is 0 Å². The summed E-state index contributed by atoms with van der Waals surface area (Å²) in [5, 5.41) is 5.06. The molecule has 1 heterocycles. The van der Waals surface area contributed by atoms with Crippen LogP contribution in [-0.4, -0.2) is 31.8 Å². The molecular formula is C21H20N4O4S. The van der Waals surface area contributed by atoms with Gasteiger partial charge in [0.2, 0.25) is 15.9 Å². The monoisotopic (exact) mass is 424 g/mol. The maximum Gasteiger partial charge on any atom is 0.251 e. The molecular weight excluding hydrogens is 404 g/mol. The number of carbonyl (C=O) groups excluding carboxylic acids is 2. The lowest BCUT2D eigenvalue weighted by Gasteiger charge is -2.09. The molecule has 3 aromatic rings. The van der Waals surface area contributed by atoms with Crippen LogP contribution in [0, 0.1) is 0 Å². The summed E-state index contributed by atoms with van der Waals surface area (Å²) in [4.78, 5) is 28.1. The molecule has 0 aliphatic rings. The van der Waals surface area contributed by atoms with Gasteiger partial charge in [-0.05, 0) is 35.9 Å². The molecule has 0 fully saturated rings. The second-order valence-electron chi connectivity index (χ2n) is 6.31.